The van der Waals surface area contributed by atoms with E-state index in [0.29, 0.717) is 16.2 Å². The first-order valence-electron chi connectivity index (χ1n) is 11.6. The number of anilines is 1. The second kappa shape index (κ2) is 9.59. The van der Waals surface area contributed by atoms with E-state index in [1.54, 1.807) is 30.3 Å². The van der Waals surface area contributed by atoms with Crippen molar-refractivity contribution < 1.29 is 29.3 Å². The van der Waals surface area contributed by atoms with Crippen LogP contribution in [0.2, 0.25) is 0 Å². The molecule has 0 aliphatic carbocycles. The Morgan fingerprint density at radius 3 is 2.32 bits per heavy atom. The number of aromatic nitrogens is 1. The molecule has 5 rings (SSSR count). The Morgan fingerprint density at radius 2 is 1.70 bits per heavy atom. The van der Waals surface area contributed by atoms with Gasteiger partial charge >= 0.3 is 5.91 Å². The number of ketones is 1. The standard InChI is InChI=1S/C28H24N2O6S/c1-4-15-8-13-18-21(14-15)37-28(29-18)30-24(16-9-11-17(31)12-10-16)23(26(33)27(30)34)25(32)22-19(35-2)6-5-7-20(22)36-3/h5-14,24,31-32H,4H2,1-3H3/b25-23+. The molecule has 0 bridgehead atoms. The summed E-state index contributed by atoms with van der Waals surface area (Å²) in [5.74, 6) is -1.53. The molecule has 1 aromatic heterocycles. The molecule has 1 aliphatic heterocycles. The number of aliphatic hydroxyl groups excluding tert-OH is 1. The zero-order valence-electron chi connectivity index (χ0n) is 20.4. The SMILES string of the molecule is CCc1ccc2nc(N3C(=O)C(=O)/C(=C(/O)c4c(OC)cccc4OC)C3c3ccc(O)cc3)sc2c1. The van der Waals surface area contributed by atoms with E-state index in [-0.39, 0.29) is 28.4 Å². The van der Waals surface area contributed by atoms with E-state index in [4.69, 9.17) is 9.47 Å². The van der Waals surface area contributed by atoms with E-state index >= 15 is 0 Å². The first-order chi connectivity index (χ1) is 17.9. The van der Waals surface area contributed by atoms with Gasteiger partial charge in [0.05, 0.1) is 36.1 Å². The number of ether oxygens (including phenoxy) is 2. The van der Waals surface area contributed by atoms with E-state index in [1.165, 1.54) is 42.6 Å². The summed E-state index contributed by atoms with van der Waals surface area (Å²) in [5, 5.41) is 21.7. The van der Waals surface area contributed by atoms with E-state index in [0.717, 1.165) is 16.7 Å². The van der Waals surface area contributed by atoms with Gasteiger partial charge in [-0.1, -0.05) is 42.5 Å². The van der Waals surface area contributed by atoms with Crippen LogP contribution in [0.1, 0.15) is 29.7 Å². The molecule has 2 N–H and O–H groups in total. The van der Waals surface area contributed by atoms with Crippen LogP contribution in [0.3, 0.4) is 0 Å². The number of aryl methyl sites for hydroxylation is 1. The van der Waals surface area contributed by atoms with Gasteiger partial charge in [-0.05, 0) is 53.9 Å². The van der Waals surface area contributed by atoms with Crippen molar-refractivity contribution in [2.45, 2.75) is 19.4 Å². The third-order valence-electron chi connectivity index (χ3n) is 6.37. The first kappa shape index (κ1) is 24.3. The highest BCUT2D eigenvalue weighted by molar-refractivity contribution is 7.22. The summed E-state index contributed by atoms with van der Waals surface area (Å²) in [6.45, 7) is 2.05. The minimum atomic E-state index is -0.999. The Balaban J connectivity index is 1.76. The minimum Gasteiger partial charge on any atom is -0.508 e. The Labute approximate surface area is 217 Å². The third kappa shape index (κ3) is 4.07. The number of hydrogen-bond acceptors (Lipinski definition) is 8. The van der Waals surface area contributed by atoms with Gasteiger partial charge in [-0.3, -0.25) is 14.5 Å². The number of rotatable bonds is 6. The summed E-state index contributed by atoms with van der Waals surface area (Å²) in [4.78, 5) is 33.0. The number of methoxy groups -OCH3 is 2. The molecule has 0 radical (unpaired) electrons. The second-order valence-electron chi connectivity index (χ2n) is 8.45. The van der Waals surface area contributed by atoms with Gasteiger partial charge in [0, 0.05) is 0 Å². The quantitative estimate of drug-likeness (QED) is 0.206. The summed E-state index contributed by atoms with van der Waals surface area (Å²) in [7, 11) is 2.88. The maximum absolute atomic E-state index is 13.5. The smallest absolute Gasteiger partial charge is 0.301 e. The molecule has 1 amide bonds. The zero-order valence-corrected chi connectivity index (χ0v) is 21.2. The van der Waals surface area contributed by atoms with Crippen LogP contribution in [-0.4, -0.2) is 41.1 Å². The normalized spacial score (nSPS) is 16.9. The molecule has 1 aliphatic rings. The van der Waals surface area contributed by atoms with Crippen LogP contribution in [0.5, 0.6) is 17.2 Å². The molecule has 8 nitrogen and oxygen atoms in total. The van der Waals surface area contributed by atoms with Gasteiger partial charge in [0.15, 0.2) is 5.13 Å². The molecule has 1 unspecified atom stereocenters. The predicted octanol–water partition coefficient (Wildman–Crippen LogP) is 5.21. The van der Waals surface area contributed by atoms with E-state index in [2.05, 4.69) is 11.9 Å². The van der Waals surface area contributed by atoms with E-state index in [9.17, 15) is 19.8 Å². The first-order valence-corrected chi connectivity index (χ1v) is 12.4. The van der Waals surface area contributed by atoms with Crippen molar-refractivity contribution in [2.75, 3.05) is 19.1 Å². The lowest BCUT2D eigenvalue weighted by Crippen LogP contribution is -2.29. The lowest BCUT2D eigenvalue weighted by atomic mass is 9.94. The Hall–Kier alpha value is -4.37. The van der Waals surface area contributed by atoms with Crippen molar-refractivity contribution in [1.82, 2.24) is 4.98 Å². The number of aliphatic hydroxyl groups is 1. The fraction of sp³-hybridized carbons (Fsp3) is 0.179. The van der Waals surface area contributed by atoms with Crippen molar-refractivity contribution in [2.24, 2.45) is 0 Å². The number of phenolic OH excluding ortho intramolecular Hbond substituents is 1. The average molecular weight is 517 g/mol. The molecule has 37 heavy (non-hydrogen) atoms. The number of amides is 1. The maximum atomic E-state index is 13.5. The number of thiazole rings is 1. The molecule has 1 fully saturated rings. The topological polar surface area (TPSA) is 109 Å². The third-order valence-corrected chi connectivity index (χ3v) is 7.39. The average Bonchev–Trinajstić information content (AvgIpc) is 3.45. The summed E-state index contributed by atoms with van der Waals surface area (Å²) >= 11 is 1.30. The Morgan fingerprint density at radius 1 is 1.03 bits per heavy atom. The van der Waals surface area contributed by atoms with Crippen LogP contribution in [0.25, 0.3) is 16.0 Å². The fourth-order valence-corrected chi connectivity index (χ4v) is 5.56. The van der Waals surface area contributed by atoms with Crippen molar-refractivity contribution >= 4 is 44.1 Å². The van der Waals surface area contributed by atoms with E-state index < -0.39 is 23.5 Å². The number of benzene rings is 3. The fourth-order valence-electron chi connectivity index (χ4n) is 4.50. The highest BCUT2D eigenvalue weighted by Gasteiger charge is 2.48. The number of nitrogens with zero attached hydrogens (tertiary/aromatic N) is 2. The van der Waals surface area contributed by atoms with Crippen LogP contribution in [-0.2, 0) is 16.0 Å². The molecule has 188 valence electrons. The molecule has 4 aromatic rings. The maximum Gasteiger partial charge on any atom is 0.301 e. The number of phenols is 1. The van der Waals surface area contributed by atoms with Crippen LogP contribution < -0.4 is 14.4 Å². The number of aromatic hydroxyl groups is 1. The summed E-state index contributed by atoms with van der Waals surface area (Å²) in [6.07, 6.45) is 0.849. The van der Waals surface area contributed by atoms with Gasteiger partial charge in [-0.2, -0.15) is 0 Å². The summed E-state index contributed by atoms with van der Waals surface area (Å²) in [6, 6.07) is 16.0. The van der Waals surface area contributed by atoms with Crippen molar-refractivity contribution in [1.29, 1.82) is 0 Å². The van der Waals surface area contributed by atoms with Crippen LogP contribution in [0.15, 0.2) is 66.2 Å². The lowest BCUT2D eigenvalue weighted by Gasteiger charge is -2.23. The van der Waals surface area contributed by atoms with Gasteiger partial charge in [-0.25, -0.2) is 4.98 Å². The lowest BCUT2D eigenvalue weighted by molar-refractivity contribution is -0.132. The highest BCUT2D eigenvalue weighted by Crippen LogP contribution is 2.46. The van der Waals surface area contributed by atoms with Crippen LogP contribution >= 0.6 is 11.3 Å². The predicted molar refractivity (Wildman–Crippen MR) is 141 cm³/mol. The minimum absolute atomic E-state index is 0.0270. The monoisotopic (exact) mass is 516 g/mol. The van der Waals surface area contributed by atoms with Crippen molar-refractivity contribution in [3.05, 3.63) is 82.9 Å². The number of carbonyl (C=O) groups is 2. The molecular weight excluding hydrogens is 492 g/mol. The van der Waals surface area contributed by atoms with Crippen molar-refractivity contribution in [3.8, 4) is 17.2 Å². The van der Waals surface area contributed by atoms with Gasteiger partial charge in [-0.15, -0.1) is 0 Å². The second-order valence-corrected chi connectivity index (χ2v) is 9.46. The largest absolute Gasteiger partial charge is 0.508 e. The number of Topliss-reactive ketones (excluding diaryl/α,β-unsaturated/α-hetero) is 1. The Kier molecular flexibility index (Phi) is 6.31. The van der Waals surface area contributed by atoms with Crippen molar-refractivity contribution in [3.63, 3.8) is 0 Å². The molecule has 0 saturated carbocycles. The van der Waals surface area contributed by atoms with Gasteiger partial charge in [0.25, 0.3) is 5.78 Å². The Bertz CT molecular complexity index is 1530. The molecule has 0 spiro atoms. The molecule has 9 heteroatoms. The van der Waals surface area contributed by atoms with Gasteiger partial charge in [0.1, 0.15) is 28.6 Å². The summed E-state index contributed by atoms with van der Waals surface area (Å²) < 4.78 is 11.7. The zero-order chi connectivity index (χ0) is 26.3. The molecular formula is C28H24N2O6S. The highest BCUT2D eigenvalue weighted by atomic mass is 32.1. The summed E-state index contributed by atoms with van der Waals surface area (Å²) in [5.41, 5.74) is 2.37. The molecule has 1 saturated heterocycles. The molecule has 1 atom stereocenters. The van der Waals surface area contributed by atoms with Crippen LogP contribution in [0.4, 0.5) is 5.13 Å². The van der Waals surface area contributed by atoms with Crippen LogP contribution in [0, 0.1) is 0 Å². The number of fused-ring (bicyclic) bond motifs is 1. The van der Waals surface area contributed by atoms with E-state index in [1.807, 2.05) is 18.2 Å². The van der Waals surface area contributed by atoms with Gasteiger partial charge in [0.2, 0.25) is 0 Å². The number of carbonyl (C=O) groups excluding carboxylic acids is 2. The van der Waals surface area contributed by atoms with Gasteiger partial charge < -0.3 is 19.7 Å². The molecule has 2 heterocycles. The molecule has 3 aromatic carbocycles. The number of hydrogen-bond donors (Lipinski definition) is 2.